The Labute approximate surface area is 182 Å². The molecule has 1 aliphatic carbocycles. The van der Waals surface area contributed by atoms with Crippen molar-refractivity contribution in [2.24, 2.45) is 0 Å². The van der Waals surface area contributed by atoms with Crippen LogP contribution < -0.4 is 15.4 Å². The number of ether oxygens (including phenoxy) is 2. The molecule has 7 heteroatoms. The number of aromatic amines is 1. The number of amides is 2. The van der Waals surface area contributed by atoms with Gasteiger partial charge in [0.05, 0.1) is 30.3 Å². The van der Waals surface area contributed by atoms with Gasteiger partial charge in [-0.3, -0.25) is 0 Å². The van der Waals surface area contributed by atoms with Crippen LogP contribution in [-0.2, 0) is 11.2 Å². The van der Waals surface area contributed by atoms with Crippen LogP contribution in [0, 0.1) is 0 Å². The summed E-state index contributed by atoms with van der Waals surface area (Å²) >= 11 is 0. The van der Waals surface area contributed by atoms with E-state index in [0.29, 0.717) is 12.5 Å². The topological polar surface area (TPSA) is 88.3 Å². The van der Waals surface area contributed by atoms with Crippen LogP contribution in [0.2, 0.25) is 0 Å². The third-order valence-corrected chi connectivity index (χ3v) is 5.98. The smallest absolute Gasteiger partial charge is 0.315 e. The maximum Gasteiger partial charge on any atom is 0.315 e. The van der Waals surface area contributed by atoms with Crippen LogP contribution in [-0.4, -0.2) is 42.4 Å². The van der Waals surface area contributed by atoms with Gasteiger partial charge in [0.1, 0.15) is 11.6 Å². The summed E-state index contributed by atoms with van der Waals surface area (Å²) in [5.41, 5.74) is 2.93. The number of aromatic nitrogens is 2. The number of rotatable bonds is 7. The van der Waals surface area contributed by atoms with E-state index in [4.69, 9.17) is 14.5 Å². The number of para-hydroxylation sites is 2. The Morgan fingerprint density at radius 2 is 1.84 bits per heavy atom. The van der Waals surface area contributed by atoms with Crippen molar-refractivity contribution >= 4 is 17.1 Å². The second-order valence-corrected chi connectivity index (χ2v) is 8.07. The summed E-state index contributed by atoms with van der Waals surface area (Å²) in [7, 11) is 3.40. The van der Waals surface area contributed by atoms with Gasteiger partial charge in [0.2, 0.25) is 0 Å². The summed E-state index contributed by atoms with van der Waals surface area (Å²) in [6, 6.07) is 15.5. The highest BCUT2D eigenvalue weighted by atomic mass is 16.5. The van der Waals surface area contributed by atoms with Crippen molar-refractivity contribution in [3.63, 3.8) is 0 Å². The monoisotopic (exact) mass is 422 g/mol. The zero-order valence-electron chi connectivity index (χ0n) is 18.1. The molecule has 0 spiro atoms. The molecule has 2 aromatic carbocycles. The molecule has 3 N–H and O–H groups in total. The fourth-order valence-corrected chi connectivity index (χ4v) is 4.18. The van der Waals surface area contributed by atoms with Gasteiger partial charge >= 0.3 is 6.03 Å². The van der Waals surface area contributed by atoms with Gasteiger partial charge in [-0.2, -0.15) is 0 Å². The van der Waals surface area contributed by atoms with Gasteiger partial charge in [-0.1, -0.05) is 24.3 Å². The Morgan fingerprint density at radius 3 is 2.52 bits per heavy atom. The molecule has 7 nitrogen and oxygen atoms in total. The summed E-state index contributed by atoms with van der Waals surface area (Å²) in [4.78, 5) is 20.9. The van der Waals surface area contributed by atoms with Crippen molar-refractivity contribution in [3.05, 3.63) is 59.9 Å². The van der Waals surface area contributed by atoms with Crippen LogP contribution in [0.1, 0.15) is 43.1 Å². The van der Waals surface area contributed by atoms with Crippen LogP contribution >= 0.6 is 0 Å². The molecule has 2 amide bonds. The zero-order chi connectivity index (χ0) is 21.6. The Hall–Kier alpha value is -3.06. The number of H-pyrrole nitrogens is 1. The quantitative estimate of drug-likeness (QED) is 0.535. The molecule has 0 aliphatic heterocycles. The first kappa shape index (κ1) is 21.2. The highest BCUT2D eigenvalue weighted by molar-refractivity contribution is 5.76. The third-order valence-electron chi connectivity index (χ3n) is 5.98. The molecule has 1 heterocycles. The standard InChI is InChI=1S/C24H30N4O3/c1-30-18-11-7-16(8-12-18)15-22(23-26-20-5-3-4-6-21(20)27-23)28-24(29)25-17-9-13-19(31-2)14-10-17/h3-8,11-12,17,19,22H,9-10,13-15H2,1-2H3,(H,26,27)(H2,25,28,29)/t17-,19-,22?. The first-order valence-corrected chi connectivity index (χ1v) is 10.8. The summed E-state index contributed by atoms with van der Waals surface area (Å²) in [5, 5.41) is 6.27. The minimum Gasteiger partial charge on any atom is -0.497 e. The van der Waals surface area contributed by atoms with Crippen molar-refractivity contribution in [1.82, 2.24) is 20.6 Å². The molecule has 0 radical (unpaired) electrons. The summed E-state index contributed by atoms with van der Waals surface area (Å²) in [5.74, 6) is 1.55. The molecule has 0 saturated heterocycles. The molecular formula is C24H30N4O3. The Morgan fingerprint density at radius 1 is 1.10 bits per heavy atom. The number of nitrogens with one attached hydrogen (secondary N) is 3. The van der Waals surface area contributed by atoms with Gasteiger partial charge in [-0.15, -0.1) is 0 Å². The predicted octanol–water partition coefficient (Wildman–Crippen LogP) is 4.11. The lowest BCUT2D eigenvalue weighted by atomic mass is 9.93. The lowest BCUT2D eigenvalue weighted by Gasteiger charge is -2.29. The molecular weight excluding hydrogens is 392 g/mol. The van der Waals surface area contributed by atoms with E-state index in [1.807, 2.05) is 48.5 Å². The Kier molecular flexibility index (Phi) is 6.72. The van der Waals surface area contributed by atoms with Gasteiger partial charge < -0.3 is 25.1 Å². The SMILES string of the molecule is COc1ccc(CC(NC(=O)N[C@H]2CC[C@H](OC)CC2)c2nc3ccccc3[nH]2)cc1. The first-order chi connectivity index (χ1) is 15.1. The highest BCUT2D eigenvalue weighted by Gasteiger charge is 2.24. The summed E-state index contributed by atoms with van der Waals surface area (Å²) in [6.45, 7) is 0. The normalized spacial score (nSPS) is 19.7. The van der Waals surface area contributed by atoms with Crippen molar-refractivity contribution in [2.75, 3.05) is 14.2 Å². The van der Waals surface area contributed by atoms with E-state index in [1.165, 1.54) is 0 Å². The number of carbonyl (C=O) groups excluding carboxylic acids is 1. The zero-order valence-corrected chi connectivity index (χ0v) is 18.1. The molecule has 0 bridgehead atoms. The van der Waals surface area contributed by atoms with E-state index < -0.39 is 0 Å². The lowest BCUT2D eigenvalue weighted by Crippen LogP contribution is -2.46. The largest absolute Gasteiger partial charge is 0.497 e. The number of imidazole rings is 1. The van der Waals surface area contributed by atoms with Crippen LogP contribution in [0.15, 0.2) is 48.5 Å². The number of methoxy groups -OCH3 is 2. The van der Waals surface area contributed by atoms with Crippen LogP contribution in [0.25, 0.3) is 11.0 Å². The number of urea groups is 1. The molecule has 1 atom stereocenters. The van der Waals surface area contributed by atoms with E-state index in [0.717, 1.165) is 53.9 Å². The number of nitrogens with zero attached hydrogens (tertiary/aromatic N) is 1. The van der Waals surface area contributed by atoms with E-state index in [1.54, 1.807) is 14.2 Å². The highest BCUT2D eigenvalue weighted by Crippen LogP contribution is 2.23. The molecule has 31 heavy (non-hydrogen) atoms. The predicted molar refractivity (Wildman–Crippen MR) is 120 cm³/mol. The Balaban J connectivity index is 1.48. The van der Waals surface area contributed by atoms with Gasteiger partial charge in [-0.25, -0.2) is 9.78 Å². The average Bonchev–Trinajstić information content (AvgIpc) is 3.24. The van der Waals surface area contributed by atoms with Gasteiger partial charge in [0.25, 0.3) is 0 Å². The minimum absolute atomic E-state index is 0.167. The van der Waals surface area contributed by atoms with E-state index in [2.05, 4.69) is 15.6 Å². The molecule has 1 unspecified atom stereocenters. The first-order valence-electron chi connectivity index (χ1n) is 10.8. The average molecular weight is 423 g/mol. The second kappa shape index (κ2) is 9.83. The maximum absolute atomic E-state index is 12.8. The molecule has 4 rings (SSSR count). The molecule has 1 saturated carbocycles. The maximum atomic E-state index is 12.8. The van der Waals surface area contributed by atoms with Crippen molar-refractivity contribution in [2.45, 2.75) is 50.3 Å². The minimum atomic E-state index is -0.281. The molecule has 1 aliphatic rings. The van der Waals surface area contributed by atoms with Crippen LogP contribution in [0.4, 0.5) is 4.79 Å². The van der Waals surface area contributed by atoms with Crippen molar-refractivity contribution in [1.29, 1.82) is 0 Å². The summed E-state index contributed by atoms with van der Waals surface area (Å²) in [6.07, 6.45) is 4.73. The van der Waals surface area contributed by atoms with Crippen LogP contribution in [0.5, 0.6) is 5.75 Å². The number of fused-ring (bicyclic) bond motifs is 1. The molecule has 164 valence electrons. The van der Waals surface area contributed by atoms with Gasteiger partial charge in [0.15, 0.2) is 0 Å². The third kappa shape index (κ3) is 5.35. The number of hydrogen-bond donors (Lipinski definition) is 3. The molecule has 1 fully saturated rings. The Bertz CT molecular complexity index is 960. The number of benzene rings is 2. The fraction of sp³-hybridized carbons (Fsp3) is 0.417. The van der Waals surface area contributed by atoms with E-state index in [9.17, 15) is 4.79 Å². The van der Waals surface area contributed by atoms with Crippen molar-refractivity contribution in [3.8, 4) is 5.75 Å². The van der Waals surface area contributed by atoms with Crippen LogP contribution in [0.3, 0.4) is 0 Å². The van der Waals surface area contributed by atoms with Gasteiger partial charge in [0, 0.05) is 13.2 Å². The number of carbonyl (C=O) groups is 1. The number of hydrogen-bond acceptors (Lipinski definition) is 4. The fourth-order valence-electron chi connectivity index (χ4n) is 4.18. The molecule has 1 aromatic heterocycles. The molecule has 3 aromatic rings. The van der Waals surface area contributed by atoms with E-state index in [-0.39, 0.29) is 18.1 Å². The lowest BCUT2D eigenvalue weighted by molar-refractivity contribution is 0.0635. The second-order valence-electron chi connectivity index (χ2n) is 8.07. The van der Waals surface area contributed by atoms with Gasteiger partial charge in [-0.05, 0) is 61.9 Å². The van der Waals surface area contributed by atoms with Crippen molar-refractivity contribution < 1.29 is 14.3 Å². The van der Waals surface area contributed by atoms with E-state index >= 15 is 0 Å². The summed E-state index contributed by atoms with van der Waals surface area (Å²) < 4.78 is 10.7.